The molecular weight excluding hydrogens is 502 g/mol. The number of benzene rings is 2. The van der Waals surface area contributed by atoms with Crippen LogP contribution in [0.4, 0.5) is 0 Å². The number of nitrogens with one attached hydrogen (secondary N) is 1. The second kappa shape index (κ2) is 21.5. The van der Waals surface area contributed by atoms with Crippen molar-refractivity contribution in [3.05, 3.63) is 64.9 Å². The van der Waals surface area contributed by atoms with E-state index < -0.39 is 5.97 Å². The van der Waals surface area contributed by atoms with Gasteiger partial charge in [0.05, 0.1) is 0 Å². The number of carboxylic acids is 1. The maximum Gasteiger partial charge on any atom is 0.303 e. The molecule has 1 aromatic heterocycles. The van der Waals surface area contributed by atoms with Gasteiger partial charge >= 0.3 is 5.97 Å². The number of fused-ring (bicyclic) bond motifs is 1. The Bertz CT molecular complexity index is 999. The normalized spacial score (nSPS) is 11.6. The van der Waals surface area contributed by atoms with E-state index >= 15 is 0 Å². The summed E-state index contributed by atoms with van der Waals surface area (Å²) in [5, 5.41) is 16.2. The van der Waals surface area contributed by atoms with Gasteiger partial charge in [-0.25, -0.2) is 0 Å². The molecule has 0 aliphatic carbocycles. The van der Waals surface area contributed by atoms with Gasteiger partial charge in [0.15, 0.2) is 0 Å². The number of unbranched alkanes of at least 4 members (excludes halogenated alkanes) is 12. The van der Waals surface area contributed by atoms with Crippen molar-refractivity contribution in [2.45, 2.75) is 109 Å². The smallest absolute Gasteiger partial charge is 0.303 e. The lowest BCUT2D eigenvalue weighted by atomic mass is 10.0. The molecule has 0 fully saturated rings. The monoisotopic (exact) mass is 553 g/mol. The molecule has 3 aromatic rings. The van der Waals surface area contributed by atoms with Gasteiger partial charge in [-0.05, 0) is 42.9 Å². The van der Waals surface area contributed by atoms with E-state index in [0.29, 0.717) is 6.42 Å². The van der Waals surface area contributed by atoms with Crippen LogP contribution < -0.4 is 10.1 Å². The molecule has 5 heteroatoms. The maximum atomic E-state index is 10.3. The molecule has 216 valence electrons. The summed E-state index contributed by atoms with van der Waals surface area (Å²) in [5.41, 5.74) is 0. The number of carboxylic acid groups (broad SMARTS) is 1. The summed E-state index contributed by atoms with van der Waals surface area (Å²) in [5.74, 6) is 0.306. The van der Waals surface area contributed by atoms with Crippen LogP contribution in [0.1, 0.15) is 114 Å². The zero-order chi connectivity index (χ0) is 28.0. The van der Waals surface area contributed by atoms with Crippen LogP contribution in [0.3, 0.4) is 0 Å². The van der Waals surface area contributed by atoms with Gasteiger partial charge < -0.3 is 15.2 Å². The highest BCUT2D eigenvalue weighted by Crippen LogP contribution is 2.32. The summed E-state index contributed by atoms with van der Waals surface area (Å²) in [4.78, 5) is 11.6. The molecule has 4 nitrogen and oxygen atoms in total. The molecule has 1 unspecified atom stereocenters. The Balaban J connectivity index is 0.000000278. The fraction of sp³-hybridized carbons (Fsp3) is 0.559. The molecule has 1 atom stereocenters. The van der Waals surface area contributed by atoms with Crippen LogP contribution in [-0.4, -0.2) is 24.7 Å². The SMILES string of the molecule is CCCCCCCCCCCCCCCC(=O)O.CNCCC(Oc1cccc2ccccc12)c1cccs1. The van der Waals surface area contributed by atoms with Crippen molar-refractivity contribution in [3.8, 4) is 5.75 Å². The van der Waals surface area contributed by atoms with Crippen molar-refractivity contribution in [1.82, 2.24) is 5.32 Å². The molecule has 0 aliphatic heterocycles. The molecule has 0 amide bonds. The van der Waals surface area contributed by atoms with Gasteiger partial charge in [0.2, 0.25) is 0 Å². The van der Waals surface area contributed by atoms with E-state index in [4.69, 9.17) is 9.84 Å². The standard InChI is InChI=1S/C18H19NOS.C16H32O2/c1-19-12-11-17(18-10-5-13-21-18)20-16-9-4-7-14-6-2-3-8-15(14)16;1-2-3-4-5-6-7-8-9-10-11-12-13-14-15-16(17)18/h2-10,13,17,19H,11-12H2,1H3;2-15H2,1H3,(H,17,18). The second-order valence-corrected chi connectivity index (χ2v) is 11.4. The largest absolute Gasteiger partial charge is 0.484 e. The van der Waals surface area contributed by atoms with Crippen molar-refractivity contribution in [2.24, 2.45) is 0 Å². The first-order valence-corrected chi connectivity index (χ1v) is 16.1. The second-order valence-electron chi connectivity index (χ2n) is 10.4. The first-order chi connectivity index (χ1) is 19.2. The van der Waals surface area contributed by atoms with Crippen LogP contribution in [0.25, 0.3) is 10.8 Å². The third-order valence-electron chi connectivity index (χ3n) is 7.03. The third kappa shape index (κ3) is 14.5. The molecule has 1 heterocycles. The lowest BCUT2D eigenvalue weighted by Gasteiger charge is -2.19. The number of ether oxygens (including phenoxy) is 1. The highest BCUT2D eigenvalue weighted by atomic mass is 32.1. The van der Waals surface area contributed by atoms with Crippen LogP contribution in [0.2, 0.25) is 0 Å². The highest BCUT2D eigenvalue weighted by Gasteiger charge is 2.15. The third-order valence-corrected chi connectivity index (χ3v) is 7.99. The minimum Gasteiger partial charge on any atom is -0.484 e. The van der Waals surface area contributed by atoms with Crippen molar-refractivity contribution >= 4 is 28.1 Å². The number of aliphatic carboxylic acids is 1. The zero-order valence-electron chi connectivity index (χ0n) is 24.3. The highest BCUT2D eigenvalue weighted by molar-refractivity contribution is 7.10. The molecule has 3 rings (SSSR count). The van der Waals surface area contributed by atoms with Gasteiger partial charge in [-0.1, -0.05) is 126 Å². The first kappa shape index (κ1) is 32.8. The minimum absolute atomic E-state index is 0.100. The summed E-state index contributed by atoms with van der Waals surface area (Å²) >= 11 is 1.75. The number of hydrogen-bond donors (Lipinski definition) is 2. The Kier molecular flexibility index (Phi) is 18.1. The predicted molar refractivity (Wildman–Crippen MR) is 168 cm³/mol. The quantitative estimate of drug-likeness (QED) is 0.137. The number of rotatable bonds is 20. The molecule has 0 bridgehead atoms. The van der Waals surface area contributed by atoms with Crippen LogP contribution in [0.15, 0.2) is 60.0 Å². The maximum absolute atomic E-state index is 10.3. The van der Waals surface area contributed by atoms with Crippen LogP contribution in [0.5, 0.6) is 5.75 Å². The average molecular weight is 554 g/mol. The van der Waals surface area contributed by atoms with Gasteiger partial charge in [0.25, 0.3) is 0 Å². The van der Waals surface area contributed by atoms with E-state index in [2.05, 4.69) is 72.2 Å². The van der Waals surface area contributed by atoms with Crippen molar-refractivity contribution in [2.75, 3.05) is 13.6 Å². The van der Waals surface area contributed by atoms with Crippen molar-refractivity contribution in [3.63, 3.8) is 0 Å². The summed E-state index contributed by atoms with van der Waals surface area (Å²) in [6, 6.07) is 18.8. The summed E-state index contributed by atoms with van der Waals surface area (Å²) < 4.78 is 6.34. The summed E-state index contributed by atoms with van der Waals surface area (Å²) in [6.45, 7) is 3.20. The summed E-state index contributed by atoms with van der Waals surface area (Å²) in [7, 11) is 1.98. The molecule has 2 aromatic carbocycles. The Morgan fingerprint density at radius 3 is 2.03 bits per heavy atom. The number of hydrogen-bond acceptors (Lipinski definition) is 4. The van der Waals surface area contributed by atoms with Gasteiger partial charge in [0.1, 0.15) is 11.9 Å². The van der Waals surface area contributed by atoms with E-state index in [1.165, 1.54) is 86.3 Å². The van der Waals surface area contributed by atoms with E-state index in [9.17, 15) is 4.79 Å². The fourth-order valence-corrected chi connectivity index (χ4v) is 5.54. The molecule has 39 heavy (non-hydrogen) atoms. The minimum atomic E-state index is -0.655. The Morgan fingerprint density at radius 1 is 0.821 bits per heavy atom. The van der Waals surface area contributed by atoms with E-state index in [1.807, 2.05) is 7.05 Å². The van der Waals surface area contributed by atoms with Crippen LogP contribution in [0, 0.1) is 0 Å². The van der Waals surface area contributed by atoms with E-state index in [-0.39, 0.29) is 6.10 Å². The van der Waals surface area contributed by atoms with E-state index in [0.717, 1.165) is 31.6 Å². The topological polar surface area (TPSA) is 58.6 Å². The van der Waals surface area contributed by atoms with Crippen molar-refractivity contribution < 1.29 is 14.6 Å². The zero-order valence-corrected chi connectivity index (χ0v) is 25.2. The molecule has 0 aliphatic rings. The lowest BCUT2D eigenvalue weighted by Crippen LogP contribution is -2.15. The van der Waals surface area contributed by atoms with Gasteiger partial charge in [-0.3, -0.25) is 4.79 Å². The van der Waals surface area contributed by atoms with Crippen LogP contribution in [-0.2, 0) is 4.79 Å². The van der Waals surface area contributed by atoms with Gasteiger partial charge in [-0.2, -0.15) is 0 Å². The number of carbonyl (C=O) groups is 1. The molecule has 0 saturated carbocycles. The van der Waals surface area contributed by atoms with E-state index in [1.54, 1.807) is 11.3 Å². The molecule has 0 spiro atoms. The van der Waals surface area contributed by atoms with Crippen LogP contribution >= 0.6 is 11.3 Å². The average Bonchev–Trinajstić information content (AvgIpc) is 3.49. The Labute approximate surface area is 241 Å². The van der Waals surface area contributed by atoms with Crippen molar-refractivity contribution in [1.29, 1.82) is 0 Å². The number of thiophene rings is 1. The fourth-order valence-electron chi connectivity index (χ4n) is 4.75. The summed E-state index contributed by atoms with van der Waals surface area (Å²) in [6.07, 6.45) is 18.3. The molecule has 0 saturated heterocycles. The first-order valence-electron chi connectivity index (χ1n) is 15.2. The predicted octanol–water partition coefficient (Wildman–Crippen LogP) is 10.2. The molecular formula is C34H51NO3S. The van der Waals surface area contributed by atoms with Gasteiger partial charge in [0, 0.05) is 23.1 Å². The molecule has 0 radical (unpaired) electrons. The molecule has 2 N–H and O–H groups in total. The Hall–Kier alpha value is -2.37. The Morgan fingerprint density at radius 2 is 1.44 bits per heavy atom. The van der Waals surface area contributed by atoms with Gasteiger partial charge in [-0.15, -0.1) is 11.3 Å². The lowest BCUT2D eigenvalue weighted by molar-refractivity contribution is -0.137.